The highest BCUT2D eigenvalue weighted by Gasteiger charge is 2.36. The number of alkyl halides is 6. The fourth-order valence-electron chi connectivity index (χ4n) is 4.65. The molecule has 38 heavy (non-hydrogen) atoms. The minimum Gasteiger partial charge on any atom is -0.497 e. The number of nitrogens with one attached hydrogen (secondary N) is 1. The summed E-state index contributed by atoms with van der Waals surface area (Å²) < 4.78 is 84.5. The summed E-state index contributed by atoms with van der Waals surface area (Å²) >= 11 is 0. The maximum Gasteiger partial charge on any atom is 0.416 e. The van der Waals surface area contributed by atoms with Crippen LogP contribution in [0.4, 0.5) is 26.3 Å². The van der Waals surface area contributed by atoms with Crippen LogP contribution in [0.1, 0.15) is 45.6 Å². The molecule has 3 aromatic rings. The lowest BCUT2D eigenvalue weighted by Crippen LogP contribution is -2.56. The smallest absolute Gasteiger partial charge is 0.416 e. The highest BCUT2D eigenvalue weighted by atomic mass is 19.4. The van der Waals surface area contributed by atoms with Gasteiger partial charge in [0.25, 0.3) is 5.91 Å². The third-order valence-corrected chi connectivity index (χ3v) is 6.79. The van der Waals surface area contributed by atoms with Crippen LogP contribution in [0.3, 0.4) is 0 Å². The van der Waals surface area contributed by atoms with Crippen LogP contribution in [0, 0.1) is 0 Å². The van der Waals surface area contributed by atoms with E-state index in [1.165, 1.54) is 30.2 Å². The van der Waals surface area contributed by atoms with E-state index in [4.69, 9.17) is 4.74 Å². The molecule has 6 nitrogen and oxygen atoms in total. The number of methoxy groups -OCH3 is 1. The normalized spacial score (nSPS) is 17.9. The summed E-state index contributed by atoms with van der Waals surface area (Å²) in [5, 5.41) is 6.73. The molecule has 1 aliphatic heterocycles. The van der Waals surface area contributed by atoms with Gasteiger partial charge in [0.2, 0.25) is 0 Å². The van der Waals surface area contributed by atoms with Gasteiger partial charge >= 0.3 is 12.4 Å². The molecule has 4 rings (SSSR count). The Labute approximate surface area is 215 Å². The zero-order valence-electron chi connectivity index (χ0n) is 20.6. The van der Waals surface area contributed by atoms with Crippen molar-refractivity contribution in [3.8, 4) is 5.75 Å². The van der Waals surface area contributed by atoms with Gasteiger partial charge in [-0.25, -0.2) is 0 Å². The van der Waals surface area contributed by atoms with Crippen molar-refractivity contribution in [3.05, 3.63) is 82.7 Å². The molecule has 1 aliphatic rings. The van der Waals surface area contributed by atoms with Gasteiger partial charge in [-0.2, -0.15) is 31.4 Å². The number of benzene rings is 2. The molecule has 2 aromatic carbocycles. The Bertz CT molecular complexity index is 1240. The predicted molar refractivity (Wildman–Crippen MR) is 127 cm³/mol. The average molecular weight is 541 g/mol. The molecule has 1 saturated heterocycles. The van der Waals surface area contributed by atoms with Crippen molar-refractivity contribution in [1.82, 2.24) is 20.0 Å². The van der Waals surface area contributed by atoms with Gasteiger partial charge in [0.15, 0.2) is 0 Å². The number of aromatic amines is 1. The Hall–Kier alpha value is -3.54. The molecule has 204 valence electrons. The number of carbonyl (C=O) groups is 1. The number of ether oxygens (including phenoxy) is 1. The van der Waals surface area contributed by atoms with E-state index in [9.17, 15) is 31.1 Å². The van der Waals surface area contributed by atoms with E-state index in [0.717, 1.165) is 29.8 Å². The molecule has 2 heterocycles. The lowest BCUT2D eigenvalue weighted by atomic mass is 9.98. The van der Waals surface area contributed by atoms with Crippen LogP contribution >= 0.6 is 0 Å². The van der Waals surface area contributed by atoms with E-state index < -0.39 is 35.4 Å². The minimum absolute atomic E-state index is 0.0743. The lowest BCUT2D eigenvalue weighted by molar-refractivity contribution is -0.138. The Morgan fingerprint density at radius 2 is 1.74 bits per heavy atom. The number of nitrogens with zero attached hydrogens (tertiary/aromatic N) is 3. The van der Waals surface area contributed by atoms with Gasteiger partial charge in [-0.1, -0.05) is 12.1 Å². The predicted octanol–water partition coefficient (Wildman–Crippen LogP) is 5.59. The molecule has 0 saturated carbocycles. The van der Waals surface area contributed by atoms with Gasteiger partial charge < -0.3 is 9.64 Å². The summed E-state index contributed by atoms with van der Waals surface area (Å²) in [6, 6.07) is 6.96. The van der Waals surface area contributed by atoms with Crippen molar-refractivity contribution >= 4 is 5.91 Å². The fraction of sp³-hybridized carbons (Fsp3) is 0.385. The van der Waals surface area contributed by atoms with Gasteiger partial charge in [-0.05, 0) is 49.2 Å². The molecule has 2 atom stereocenters. The van der Waals surface area contributed by atoms with Crippen LogP contribution in [-0.2, 0) is 18.8 Å². The molecule has 1 aromatic heterocycles. The minimum atomic E-state index is -4.68. The first-order chi connectivity index (χ1) is 17.9. The van der Waals surface area contributed by atoms with E-state index in [1.54, 1.807) is 12.4 Å². The second-order valence-corrected chi connectivity index (χ2v) is 9.20. The molecular weight excluding hydrogens is 514 g/mol. The molecule has 0 radical (unpaired) electrons. The number of aromatic nitrogens is 2. The SMILES string of the molecule is COc1cc(C(=O)N2CCN(C(C)c3cn[nH]c3)C[C@H]2Cc2ccc(C(F)(F)F)cc2)cc(C(F)(F)F)c1. The number of carbonyl (C=O) groups excluding carboxylic acids is 1. The molecule has 1 N–H and O–H groups in total. The number of rotatable bonds is 6. The standard InChI is InChI=1S/C26H26F6N4O2/c1-16(19-13-33-34-14-19)35-7-8-36(22(15-35)9-17-3-5-20(6-4-17)25(27,28)29)24(37)18-10-21(26(30,31)32)12-23(11-18)38-2/h3-6,10-14,16,22H,7-9,15H2,1-2H3,(H,33,34)/t16?,22-/m1/s1. The number of piperazine rings is 1. The van der Waals surface area contributed by atoms with Crippen molar-refractivity contribution in [2.24, 2.45) is 0 Å². The van der Waals surface area contributed by atoms with Gasteiger partial charge in [0.1, 0.15) is 5.75 Å². The molecule has 0 bridgehead atoms. The van der Waals surface area contributed by atoms with E-state index in [-0.39, 0.29) is 30.3 Å². The summed E-state index contributed by atoms with van der Waals surface area (Å²) in [4.78, 5) is 17.2. The second kappa shape index (κ2) is 10.7. The summed E-state index contributed by atoms with van der Waals surface area (Å²) in [5.41, 5.74) is -0.484. The molecule has 0 spiro atoms. The average Bonchev–Trinajstić information content (AvgIpc) is 3.42. The van der Waals surface area contributed by atoms with E-state index in [2.05, 4.69) is 15.1 Å². The van der Waals surface area contributed by atoms with Gasteiger partial charge in [-0.15, -0.1) is 0 Å². The van der Waals surface area contributed by atoms with Gasteiger partial charge in [0.05, 0.1) is 24.4 Å². The first-order valence-electron chi connectivity index (χ1n) is 11.8. The van der Waals surface area contributed by atoms with E-state index in [0.29, 0.717) is 18.7 Å². The quantitative estimate of drug-likeness (QED) is 0.415. The monoisotopic (exact) mass is 540 g/mol. The van der Waals surface area contributed by atoms with Crippen molar-refractivity contribution in [2.75, 3.05) is 26.7 Å². The number of amides is 1. The van der Waals surface area contributed by atoms with Crippen LogP contribution in [0.25, 0.3) is 0 Å². The van der Waals surface area contributed by atoms with Crippen molar-refractivity contribution in [3.63, 3.8) is 0 Å². The topological polar surface area (TPSA) is 61.5 Å². The molecule has 1 unspecified atom stereocenters. The van der Waals surface area contributed by atoms with Crippen LogP contribution < -0.4 is 4.74 Å². The van der Waals surface area contributed by atoms with Crippen LogP contribution in [-0.4, -0.2) is 58.7 Å². The van der Waals surface area contributed by atoms with Crippen LogP contribution in [0.2, 0.25) is 0 Å². The highest BCUT2D eigenvalue weighted by Crippen LogP contribution is 2.34. The van der Waals surface area contributed by atoms with E-state index >= 15 is 0 Å². The summed E-state index contributed by atoms with van der Waals surface area (Å²) in [6.45, 7) is 2.98. The third kappa shape index (κ3) is 6.12. The van der Waals surface area contributed by atoms with E-state index in [1.807, 2.05) is 6.92 Å². The molecule has 1 fully saturated rings. The molecule has 0 aliphatic carbocycles. The number of hydrogen-bond acceptors (Lipinski definition) is 4. The lowest BCUT2D eigenvalue weighted by Gasteiger charge is -2.44. The maximum absolute atomic E-state index is 13.6. The number of halogens is 6. The Kier molecular flexibility index (Phi) is 7.73. The Balaban J connectivity index is 1.64. The van der Waals surface area contributed by atoms with Crippen LogP contribution in [0.5, 0.6) is 5.75 Å². The number of H-pyrrole nitrogens is 1. The van der Waals surface area contributed by atoms with Crippen LogP contribution in [0.15, 0.2) is 54.9 Å². The second-order valence-electron chi connectivity index (χ2n) is 9.20. The largest absolute Gasteiger partial charge is 0.497 e. The fourth-order valence-corrected chi connectivity index (χ4v) is 4.65. The third-order valence-electron chi connectivity index (χ3n) is 6.79. The maximum atomic E-state index is 13.6. The van der Waals surface area contributed by atoms with Gasteiger partial charge in [-0.3, -0.25) is 14.8 Å². The number of hydrogen-bond donors (Lipinski definition) is 1. The Morgan fingerprint density at radius 1 is 1.05 bits per heavy atom. The van der Waals surface area contributed by atoms with Crippen molar-refractivity contribution in [1.29, 1.82) is 0 Å². The summed E-state index contributed by atoms with van der Waals surface area (Å²) in [5.74, 6) is -0.711. The molecule has 12 heteroatoms. The summed E-state index contributed by atoms with van der Waals surface area (Å²) in [6.07, 6.45) is -5.51. The molecule has 1 amide bonds. The van der Waals surface area contributed by atoms with Gasteiger partial charge in [0, 0.05) is 49.0 Å². The highest BCUT2D eigenvalue weighted by molar-refractivity contribution is 5.95. The van der Waals surface area contributed by atoms with Crippen molar-refractivity contribution < 1.29 is 35.9 Å². The summed E-state index contributed by atoms with van der Waals surface area (Å²) in [7, 11) is 1.22. The van der Waals surface area contributed by atoms with Crippen molar-refractivity contribution in [2.45, 2.75) is 37.8 Å². The zero-order valence-corrected chi connectivity index (χ0v) is 20.6. The first kappa shape index (κ1) is 27.5. The first-order valence-corrected chi connectivity index (χ1v) is 11.8. The molecular formula is C26H26F6N4O2. The Morgan fingerprint density at radius 3 is 2.32 bits per heavy atom. The zero-order chi connectivity index (χ0) is 27.7.